The van der Waals surface area contributed by atoms with Gasteiger partial charge in [-0.15, -0.1) is 0 Å². The molecule has 0 bridgehead atoms. The highest BCUT2D eigenvalue weighted by molar-refractivity contribution is 5.74. The van der Waals surface area contributed by atoms with E-state index in [-0.39, 0.29) is 12.5 Å². The van der Waals surface area contributed by atoms with Crippen LogP contribution in [0.15, 0.2) is 0 Å². The first kappa shape index (κ1) is 14.8. The van der Waals surface area contributed by atoms with Crippen LogP contribution in [0.4, 0.5) is 4.79 Å². The van der Waals surface area contributed by atoms with Crippen LogP contribution in [-0.2, 0) is 4.79 Å². The number of nitrogens with zero attached hydrogens (tertiary/aromatic N) is 1. The number of aliphatic carboxylic acids is 1. The van der Waals surface area contributed by atoms with Crippen molar-refractivity contribution < 1.29 is 14.7 Å². The molecule has 5 nitrogen and oxygen atoms in total. The van der Waals surface area contributed by atoms with Crippen molar-refractivity contribution in [2.75, 3.05) is 13.6 Å². The molecular formula is C13H24N2O3. The van der Waals surface area contributed by atoms with E-state index in [0.717, 1.165) is 12.8 Å². The van der Waals surface area contributed by atoms with E-state index in [1.54, 1.807) is 4.90 Å². The Kier molecular flexibility index (Phi) is 5.95. The molecule has 1 aliphatic rings. The highest BCUT2D eigenvalue weighted by Crippen LogP contribution is 2.34. The van der Waals surface area contributed by atoms with Crippen molar-refractivity contribution in [1.82, 2.24) is 10.2 Å². The third-order valence-corrected chi connectivity index (χ3v) is 3.58. The SMILES string of the molecule is CC(C1CC1)N(C)C(=O)NCCCCCC(=O)O. The van der Waals surface area contributed by atoms with Gasteiger partial charge in [-0.3, -0.25) is 4.79 Å². The van der Waals surface area contributed by atoms with Gasteiger partial charge in [-0.05, 0) is 38.5 Å². The van der Waals surface area contributed by atoms with E-state index in [0.29, 0.717) is 24.9 Å². The fourth-order valence-corrected chi connectivity index (χ4v) is 1.98. The summed E-state index contributed by atoms with van der Waals surface area (Å²) < 4.78 is 0. The van der Waals surface area contributed by atoms with Gasteiger partial charge in [0, 0.05) is 26.1 Å². The molecule has 2 amide bonds. The Morgan fingerprint density at radius 1 is 1.33 bits per heavy atom. The first-order chi connectivity index (χ1) is 8.52. The lowest BCUT2D eigenvalue weighted by atomic mass is 10.2. The third-order valence-electron chi connectivity index (χ3n) is 3.58. The van der Waals surface area contributed by atoms with Crippen molar-refractivity contribution in [3.05, 3.63) is 0 Å². The van der Waals surface area contributed by atoms with Crippen LogP contribution in [-0.4, -0.2) is 41.6 Å². The molecule has 1 fully saturated rings. The van der Waals surface area contributed by atoms with Crippen LogP contribution in [0.25, 0.3) is 0 Å². The number of amides is 2. The Bertz CT molecular complexity index is 290. The molecule has 0 heterocycles. The fraction of sp³-hybridized carbons (Fsp3) is 0.846. The summed E-state index contributed by atoms with van der Waals surface area (Å²) in [5.41, 5.74) is 0. The molecule has 1 saturated carbocycles. The van der Waals surface area contributed by atoms with Gasteiger partial charge in [0.25, 0.3) is 0 Å². The Morgan fingerprint density at radius 2 is 2.00 bits per heavy atom. The highest BCUT2D eigenvalue weighted by atomic mass is 16.4. The molecule has 18 heavy (non-hydrogen) atoms. The number of carbonyl (C=O) groups is 2. The number of hydrogen-bond acceptors (Lipinski definition) is 2. The second-order valence-corrected chi connectivity index (χ2v) is 5.13. The molecule has 1 unspecified atom stereocenters. The lowest BCUT2D eigenvalue weighted by Gasteiger charge is -2.25. The van der Waals surface area contributed by atoms with E-state index in [4.69, 9.17) is 5.11 Å². The molecule has 104 valence electrons. The topological polar surface area (TPSA) is 69.6 Å². The van der Waals surface area contributed by atoms with Gasteiger partial charge in [0.1, 0.15) is 0 Å². The van der Waals surface area contributed by atoms with Gasteiger partial charge in [-0.1, -0.05) is 6.42 Å². The number of unbranched alkanes of at least 4 members (excludes halogenated alkanes) is 2. The number of nitrogens with one attached hydrogen (secondary N) is 1. The minimum Gasteiger partial charge on any atom is -0.481 e. The van der Waals surface area contributed by atoms with E-state index in [1.807, 2.05) is 7.05 Å². The largest absolute Gasteiger partial charge is 0.481 e. The Morgan fingerprint density at radius 3 is 2.56 bits per heavy atom. The number of carbonyl (C=O) groups excluding carboxylic acids is 1. The van der Waals surface area contributed by atoms with Crippen molar-refractivity contribution in [3.8, 4) is 0 Å². The number of hydrogen-bond donors (Lipinski definition) is 2. The summed E-state index contributed by atoms with van der Waals surface area (Å²) >= 11 is 0. The fourth-order valence-electron chi connectivity index (χ4n) is 1.98. The van der Waals surface area contributed by atoms with Crippen molar-refractivity contribution in [2.45, 2.75) is 51.5 Å². The quantitative estimate of drug-likeness (QED) is 0.653. The molecule has 5 heteroatoms. The maximum atomic E-state index is 11.8. The Balaban J connectivity index is 2.03. The minimum absolute atomic E-state index is 0.0207. The molecule has 0 aliphatic heterocycles. The summed E-state index contributed by atoms with van der Waals surface area (Å²) in [5.74, 6) is -0.0756. The molecule has 0 aromatic rings. The summed E-state index contributed by atoms with van der Waals surface area (Å²) in [7, 11) is 1.84. The number of carboxylic acid groups (broad SMARTS) is 1. The summed E-state index contributed by atoms with van der Waals surface area (Å²) in [6.45, 7) is 2.71. The van der Waals surface area contributed by atoms with Gasteiger partial charge in [0.2, 0.25) is 0 Å². The van der Waals surface area contributed by atoms with Gasteiger partial charge in [0.15, 0.2) is 0 Å². The lowest BCUT2D eigenvalue weighted by Crippen LogP contribution is -2.43. The molecule has 0 aromatic heterocycles. The van der Waals surface area contributed by atoms with Crippen LogP contribution in [0.2, 0.25) is 0 Å². The maximum absolute atomic E-state index is 11.8. The normalized spacial score (nSPS) is 16.1. The standard InChI is InChI=1S/C13H24N2O3/c1-10(11-7-8-11)15(2)13(18)14-9-5-3-4-6-12(16)17/h10-11H,3-9H2,1-2H3,(H,14,18)(H,16,17). The highest BCUT2D eigenvalue weighted by Gasteiger charge is 2.32. The molecule has 0 radical (unpaired) electrons. The first-order valence-corrected chi connectivity index (χ1v) is 6.75. The van der Waals surface area contributed by atoms with E-state index < -0.39 is 5.97 Å². The van der Waals surface area contributed by atoms with Crippen molar-refractivity contribution in [3.63, 3.8) is 0 Å². The summed E-state index contributed by atoms with van der Waals surface area (Å²) in [4.78, 5) is 23.8. The lowest BCUT2D eigenvalue weighted by molar-refractivity contribution is -0.137. The molecule has 0 saturated heterocycles. The number of rotatable bonds is 8. The van der Waals surface area contributed by atoms with Crippen molar-refractivity contribution in [1.29, 1.82) is 0 Å². The van der Waals surface area contributed by atoms with E-state index in [9.17, 15) is 9.59 Å². The zero-order valence-corrected chi connectivity index (χ0v) is 11.3. The second-order valence-electron chi connectivity index (χ2n) is 5.13. The molecule has 1 atom stereocenters. The predicted molar refractivity (Wildman–Crippen MR) is 69.5 cm³/mol. The smallest absolute Gasteiger partial charge is 0.317 e. The predicted octanol–water partition coefficient (Wildman–Crippen LogP) is 2.07. The van der Waals surface area contributed by atoms with Gasteiger partial charge in [-0.2, -0.15) is 0 Å². The average Bonchev–Trinajstić information content (AvgIpc) is 3.15. The van der Waals surface area contributed by atoms with Gasteiger partial charge < -0.3 is 15.3 Å². The van der Waals surface area contributed by atoms with Crippen LogP contribution in [0, 0.1) is 5.92 Å². The van der Waals surface area contributed by atoms with Crippen LogP contribution >= 0.6 is 0 Å². The first-order valence-electron chi connectivity index (χ1n) is 6.75. The van der Waals surface area contributed by atoms with E-state index in [1.165, 1.54) is 12.8 Å². The van der Waals surface area contributed by atoms with Crippen LogP contribution in [0.3, 0.4) is 0 Å². The maximum Gasteiger partial charge on any atom is 0.317 e. The van der Waals surface area contributed by atoms with Crippen LogP contribution in [0.5, 0.6) is 0 Å². The second kappa shape index (κ2) is 7.24. The molecular weight excluding hydrogens is 232 g/mol. The van der Waals surface area contributed by atoms with Crippen LogP contribution in [0.1, 0.15) is 45.4 Å². The molecule has 0 aromatic carbocycles. The van der Waals surface area contributed by atoms with Gasteiger partial charge in [-0.25, -0.2) is 4.79 Å². The Hall–Kier alpha value is -1.26. The van der Waals surface area contributed by atoms with Crippen molar-refractivity contribution in [2.24, 2.45) is 5.92 Å². The van der Waals surface area contributed by atoms with Gasteiger partial charge in [0.05, 0.1) is 0 Å². The molecule has 1 rings (SSSR count). The molecule has 0 spiro atoms. The molecule has 1 aliphatic carbocycles. The van der Waals surface area contributed by atoms with E-state index in [2.05, 4.69) is 12.2 Å². The summed E-state index contributed by atoms with van der Waals surface area (Å²) in [6.07, 6.45) is 5.03. The monoisotopic (exact) mass is 256 g/mol. The van der Waals surface area contributed by atoms with Crippen molar-refractivity contribution >= 4 is 12.0 Å². The minimum atomic E-state index is -0.753. The zero-order valence-electron chi connectivity index (χ0n) is 11.3. The third kappa shape index (κ3) is 5.38. The summed E-state index contributed by atoms with van der Waals surface area (Å²) in [6, 6.07) is 0.296. The summed E-state index contributed by atoms with van der Waals surface area (Å²) in [5, 5.41) is 11.3. The zero-order chi connectivity index (χ0) is 13.5. The average molecular weight is 256 g/mol. The molecule has 2 N–H and O–H groups in total. The Labute approximate surface area is 109 Å². The van der Waals surface area contributed by atoms with Gasteiger partial charge >= 0.3 is 12.0 Å². The van der Waals surface area contributed by atoms with Crippen LogP contribution < -0.4 is 5.32 Å². The number of carboxylic acids is 1. The number of urea groups is 1. The van der Waals surface area contributed by atoms with E-state index >= 15 is 0 Å².